The summed E-state index contributed by atoms with van der Waals surface area (Å²) in [5, 5.41) is 13.1. The summed E-state index contributed by atoms with van der Waals surface area (Å²) in [4.78, 5) is 2.36. The highest BCUT2D eigenvalue weighted by atomic mass is 16.5. The largest absolute Gasteiger partial charge is 0.393 e. The van der Waals surface area contributed by atoms with Crippen molar-refractivity contribution >= 4 is 5.69 Å². The van der Waals surface area contributed by atoms with E-state index in [1.54, 1.807) is 0 Å². The number of aliphatic hydroxyl groups excluding tert-OH is 1. The summed E-state index contributed by atoms with van der Waals surface area (Å²) >= 11 is 0. The van der Waals surface area contributed by atoms with Gasteiger partial charge in [-0.15, -0.1) is 0 Å². The number of hydrogen-bond donors (Lipinski definition) is 2. The van der Waals surface area contributed by atoms with Crippen LogP contribution < -0.4 is 10.2 Å². The van der Waals surface area contributed by atoms with E-state index in [9.17, 15) is 5.11 Å². The van der Waals surface area contributed by atoms with Crippen LogP contribution in [0.2, 0.25) is 0 Å². The molecular weight excluding hydrogens is 288 g/mol. The minimum absolute atomic E-state index is 0.118. The summed E-state index contributed by atoms with van der Waals surface area (Å²) in [6.07, 6.45) is 1.62. The summed E-state index contributed by atoms with van der Waals surface area (Å²) < 4.78 is 5.60. The van der Waals surface area contributed by atoms with E-state index in [-0.39, 0.29) is 6.10 Å². The van der Waals surface area contributed by atoms with Crippen LogP contribution in [0.5, 0.6) is 0 Å². The summed E-state index contributed by atoms with van der Waals surface area (Å²) in [6, 6.07) is 9.12. The molecule has 0 amide bonds. The third-order valence-electron chi connectivity index (χ3n) is 4.37. The highest BCUT2D eigenvalue weighted by Crippen LogP contribution is 2.22. The molecule has 2 N–H and O–H groups in total. The molecule has 0 aliphatic carbocycles. The van der Waals surface area contributed by atoms with Crippen LogP contribution in [0.4, 0.5) is 5.69 Å². The van der Waals surface area contributed by atoms with Crippen LogP contribution in [0.25, 0.3) is 0 Å². The predicted octanol–water partition coefficient (Wildman–Crippen LogP) is 2.97. The zero-order chi connectivity index (χ0) is 16.7. The quantitative estimate of drug-likeness (QED) is 0.723. The van der Waals surface area contributed by atoms with Crippen molar-refractivity contribution in [3.8, 4) is 0 Å². The van der Waals surface area contributed by atoms with Gasteiger partial charge in [0, 0.05) is 38.0 Å². The van der Waals surface area contributed by atoms with Crippen molar-refractivity contribution in [1.82, 2.24) is 5.32 Å². The van der Waals surface area contributed by atoms with Gasteiger partial charge in [0.15, 0.2) is 0 Å². The Morgan fingerprint density at radius 3 is 2.43 bits per heavy atom. The maximum Gasteiger partial charge on any atom is 0.0591 e. The fourth-order valence-electron chi connectivity index (χ4n) is 2.88. The summed E-state index contributed by atoms with van der Waals surface area (Å²) in [6.45, 7) is 10.9. The molecule has 0 aromatic heterocycles. The first kappa shape index (κ1) is 18.2. The van der Waals surface area contributed by atoms with Crippen molar-refractivity contribution in [2.75, 3.05) is 37.7 Å². The average Bonchev–Trinajstić information content (AvgIpc) is 2.55. The summed E-state index contributed by atoms with van der Waals surface area (Å²) in [7, 11) is 0. The lowest BCUT2D eigenvalue weighted by Gasteiger charge is -2.31. The molecule has 0 radical (unpaired) electrons. The lowest BCUT2D eigenvalue weighted by molar-refractivity contribution is 0.110. The highest BCUT2D eigenvalue weighted by Gasteiger charge is 2.17. The fourth-order valence-corrected chi connectivity index (χ4v) is 2.88. The van der Waals surface area contributed by atoms with Crippen LogP contribution >= 0.6 is 0 Å². The van der Waals surface area contributed by atoms with Gasteiger partial charge in [0.05, 0.1) is 12.7 Å². The monoisotopic (exact) mass is 320 g/mol. The standard InChI is InChI=1S/C19H32N2O2/c1-15(2)14-23-13-10-20-16(3)17-4-6-18(7-5-17)21-11-8-19(22)9-12-21/h4-7,15-16,19-20,22H,8-14H2,1-3H3. The van der Waals surface area contributed by atoms with Crippen LogP contribution in [-0.2, 0) is 4.74 Å². The van der Waals surface area contributed by atoms with E-state index in [2.05, 4.69) is 55.3 Å². The maximum atomic E-state index is 9.60. The van der Waals surface area contributed by atoms with E-state index in [0.29, 0.717) is 12.0 Å². The molecule has 1 saturated heterocycles. The molecule has 1 heterocycles. The van der Waals surface area contributed by atoms with Crippen molar-refractivity contribution < 1.29 is 9.84 Å². The van der Waals surface area contributed by atoms with Gasteiger partial charge in [0.1, 0.15) is 0 Å². The number of ether oxygens (including phenoxy) is 1. The first-order chi connectivity index (χ1) is 11.1. The summed E-state index contributed by atoms with van der Waals surface area (Å²) in [5.74, 6) is 0.593. The van der Waals surface area contributed by atoms with E-state index in [1.165, 1.54) is 11.3 Å². The second kappa shape index (κ2) is 9.26. The number of rotatable bonds is 8. The lowest BCUT2D eigenvalue weighted by atomic mass is 10.0. The van der Waals surface area contributed by atoms with Gasteiger partial charge in [-0.1, -0.05) is 26.0 Å². The number of hydrogen-bond acceptors (Lipinski definition) is 4. The number of nitrogens with zero attached hydrogens (tertiary/aromatic N) is 1. The molecule has 4 heteroatoms. The molecule has 0 bridgehead atoms. The molecule has 0 saturated carbocycles. The lowest BCUT2D eigenvalue weighted by Crippen LogP contribution is -2.35. The Hall–Kier alpha value is -1.10. The zero-order valence-corrected chi connectivity index (χ0v) is 14.8. The van der Waals surface area contributed by atoms with Crippen LogP contribution in [0.1, 0.15) is 45.2 Å². The minimum atomic E-state index is -0.118. The van der Waals surface area contributed by atoms with Crippen molar-refractivity contribution in [2.45, 2.75) is 45.8 Å². The molecule has 1 aliphatic rings. The van der Waals surface area contributed by atoms with Crippen molar-refractivity contribution in [2.24, 2.45) is 5.92 Å². The summed E-state index contributed by atoms with van der Waals surface area (Å²) in [5.41, 5.74) is 2.56. The molecule has 2 rings (SSSR count). The van der Waals surface area contributed by atoms with Gasteiger partial charge >= 0.3 is 0 Å². The van der Waals surface area contributed by atoms with Gasteiger partial charge in [0.25, 0.3) is 0 Å². The number of anilines is 1. The first-order valence-corrected chi connectivity index (χ1v) is 8.90. The number of aliphatic hydroxyl groups is 1. The highest BCUT2D eigenvalue weighted by molar-refractivity contribution is 5.48. The molecule has 1 aliphatic heterocycles. The normalized spacial score (nSPS) is 17.7. The van der Waals surface area contributed by atoms with E-state index in [0.717, 1.165) is 45.7 Å². The second-order valence-corrected chi connectivity index (χ2v) is 6.95. The Morgan fingerprint density at radius 1 is 1.17 bits per heavy atom. The van der Waals surface area contributed by atoms with E-state index >= 15 is 0 Å². The SMILES string of the molecule is CC(C)COCCNC(C)c1ccc(N2CCC(O)CC2)cc1. The second-order valence-electron chi connectivity index (χ2n) is 6.95. The van der Waals surface area contributed by atoms with Gasteiger partial charge in [-0.05, 0) is 43.4 Å². The third kappa shape index (κ3) is 6.13. The molecule has 130 valence electrons. The molecule has 1 fully saturated rings. The molecule has 23 heavy (non-hydrogen) atoms. The van der Waals surface area contributed by atoms with Crippen LogP contribution in [0.3, 0.4) is 0 Å². The van der Waals surface area contributed by atoms with Gasteiger partial charge in [0.2, 0.25) is 0 Å². The Bertz CT molecular complexity index is 439. The van der Waals surface area contributed by atoms with E-state index in [4.69, 9.17) is 4.74 Å². The topological polar surface area (TPSA) is 44.7 Å². The molecule has 1 atom stereocenters. The smallest absolute Gasteiger partial charge is 0.0591 e. The minimum Gasteiger partial charge on any atom is -0.393 e. The average molecular weight is 320 g/mol. The molecular formula is C19H32N2O2. The van der Waals surface area contributed by atoms with Crippen LogP contribution in [0.15, 0.2) is 24.3 Å². The molecule has 1 unspecified atom stereocenters. The number of piperidine rings is 1. The Labute approximate surface area is 140 Å². The van der Waals surface area contributed by atoms with Gasteiger partial charge in [-0.2, -0.15) is 0 Å². The number of benzene rings is 1. The molecule has 0 spiro atoms. The molecule has 4 nitrogen and oxygen atoms in total. The first-order valence-electron chi connectivity index (χ1n) is 8.90. The predicted molar refractivity (Wildman–Crippen MR) is 96.0 cm³/mol. The number of nitrogens with one attached hydrogen (secondary N) is 1. The maximum absolute atomic E-state index is 9.60. The molecule has 1 aromatic rings. The zero-order valence-electron chi connectivity index (χ0n) is 14.8. The van der Waals surface area contributed by atoms with E-state index < -0.39 is 0 Å². The van der Waals surface area contributed by atoms with Gasteiger partial charge < -0.3 is 20.1 Å². The van der Waals surface area contributed by atoms with Crippen LogP contribution in [-0.4, -0.2) is 44.1 Å². The third-order valence-corrected chi connectivity index (χ3v) is 4.37. The Balaban J connectivity index is 1.75. The van der Waals surface area contributed by atoms with E-state index in [1.807, 2.05) is 0 Å². The van der Waals surface area contributed by atoms with Gasteiger partial charge in [-0.3, -0.25) is 0 Å². The van der Waals surface area contributed by atoms with Crippen molar-refractivity contribution in [3.05, 3.63) is 29.8 Å². The molecule has 1 aromatic carbocycles. The Morgan fingerprint density at radius 2 is 1.83 bits per heavy atom. The van der Waals surface area contributed by atoms with Crippen molar-refractivity contribution in [3.63, 3.8) is 0 Å². The Kier molecular flexibility index (Phi) is 7.34. The fraction of sp³-hybridized carbons (Fsp3) is 0.684. The van der Waals surface area contributed by atoms with Crippen molar-refractivity contribution in [1.29, 1.82) is 0 Å². The van der Waals surface area contributed by atoms with Crippen LogP contribution in [0, 0.1) is 5.92 Å². The van der Waals surface area contributed by atoms with Gasteiger partial charge in [-0.25, -0.2) is 0 Å².